The standard InChI is InChI=1S/C27H21N3O2S2/c1-3-30(4-2)17-13-12-16-14-19(27(31)32-21(16)15-17)18-8-7-11-23-24(18)29-26(34-23)25-28-20-9-5-6-10-22(20)33-25/h5-15H,3-4H2,1-2H3. The van der Waals surface area contributed by atoms with Gasteiger partial charge in [0.25, 0.3) is 0 Å². The quantitative estimate of drug-likeness (QED) is 0.243. The van der Waals surface area contributed by atoms with Crippen LogP contribution in [0.1, 0.15) is 13.8 Å². The maximum atomic E-state index is 13.1. The van der Waals surface area contributed by atoms with Crippen LogP contribution in [-0.2, 0) is 0 Å². The summed E-state index contributed by atoms with van der Waals surface area (Å²) in [4.78, 5) is 25.0. The highest BCUT2D eigenvalue weighted by atomic mass is 32.1. The summed E-state index contributed by atoms with van der Waals surface area (Å²) >= 11 is 3.22. The lowest BCUT2D eigenvalue weighted by atomic mass is 10.0. The predicted octanol–water partition coefficient (Wildman–Crippen LogP) is 7.19. The van der Waals surface area contributed by atoms with Crippen LogP contribution in [-0.4, -0.2) is 23.1 Å². The molecule has 0 saturated heterocycles. The van der Waals surface area contributed by atoms with Crippen LogP contribution >= 0.6 is 22.7 Å². The van der Waals surface area contributed by atoms with Gasteiger partial charge in [-0.15, -0.1) is 22.7 Å². The van der Waals surface area contributed by atoms with Crippen LogP contribution < -0.4 is 10.5 Å². The van der Waals surface area contributed by atoms with Crippen LogP contribution in [0, 0.1) is 0 Å². The molecule has 0 N–H and O–H groups in total. The van der Waals surface area contributed by atoms with Crippen molar-refractivity contribution in [3.63, 3.8) is 0 Å². The molecule has 34 heavy (non-hydrogen) atoms. The van der Waals surface area contributed by atoms with E-state index in [0.29, 0.717) is 11.1 Å². The van der Waals surface area contributed by atoms with Crippen molar-refractivity contribution in [3.05, 3.63) is 77.2 Å². The van der Waals surface area contributed by atoms with Crippen molar-refractivity contribution in [2.45, 2.75) is 13.8 Å². The lowest BCUT2D eigenvalue weighted by Crippen LogP contribution is -2.21. The van der Waals surface area contributed by atoms with Crippen molar-refractivity contribution >= 4 is 59.8 Å². The average molecular weight is 484 g/mol. The summed E-state index contributed by atoms with van der Waals surface area (Å²) in [5.41, 5.74) is 4.37. The summed E-state index contributed by atoms with van der Waals surface area (Å²) < 4.78 is 7.94. The van der Waals surface area contributed by atoms with Gasteiger partial charge in [0.1, 0.15) is 5.58 Å². The lowest BCUT2D eigenvalue weighted by Gasteiger charge is -2.21. The van der Waals surface area contributed by atoms with E-state index in [0.717, 1.165) is 60.2 Å². The number of fused-ring (bicyclic) bond motifs is 3. The minimum Gasteiger partial charge on any atom is -0.422 e. The summed E-state index contributed by atoms with van der Waals surface area (Å²) in [6.07, 6.45) is 0. The van der Waals surface area contributed by atoms with E-state index >= 15 is 0 Å². The van der Waals surface area contributed by atoms with E-state index < -0.39 is 0 Å². The molecule has 0 aliphatic carbocycles. The fraction of sp³-hybridized carbons (Fsp3) is 0.148. The van der Waals surface area contributed by atoms with Crippen LogP contribution in [0.15, 0.2) is 75.9 Å². The Balaban J connectivity index is 1.48. The molecule has 0 spiro atoms. The number of benzene rings is 3. The monoisotopic (exact) mass is 483 g/mol. The van der Waals surface area contributed by atoms with Crippen molar-refractivity contribution in [3.8, 4) is 21.1 Å². The number of hydrogen-bond acceptors (Lipinski definition) is 7. The van der Waals surface area contributed by atoms with Crippen molar-refractivity contribution in [1.29, 1.82) is 0 Å². The molecule has 0 aliphatic rings. The number of aromatic nitrogens is 2. The Morgan fingerprint density at radius 1 is 0.824 bits per heavy atom. The van der Waals surface area contributed by atoms with E-state index in [1.54, 1.807) is 22.7 Å². The lowest BCUT2D eigenvalue weighted by molar-refractivity contribution is 0.563. The molecule has 0 atom stereocenters. The number of anilines is 1. The largest absolute Gasteiger partial charge is 0.422 e. The molecule has 0 unspecified atom stereocenters. The van der Waals surface area contributed by atoms with E-state index in [9.17, 15) is 4.79 Å². The van der Waals surface area contributed by atoms with E-state index in [2.05, 4.69) is 30.9 Å². The second-order valence-electron chi connectivity index (χ2n) is 8.00. The second kappa shape index (κ2) is 8.34. The molecule has 0 bridgehead atoms. The molecule has 3 heterocycles. The number of hydrogen-bond donors (Lipinski definition) is 0. The fourth-order valence-electron chi connectivity index (χ4n) is 4.29. The Bertz CT molecular complexity index is 1690. The summed E-state index contributed by atoms with van der Waals surface area (Å²) in [6, 6.07) is 22.0. The molecule has 5 nitrogen and oxygen atoms in total. The molecule has 168 valence electrons. The van der Waals surface area contributed by atoms with E-state index in [4.69, 9.17) is 14.4 Å². The van der Waals surface area contributed by atoms with Gasteiger partial charge in [0.05, 0.1) is 26.0 Å². The molecule has 0 amide bonds. The zero-order valence-corrected chi connectivity index (χ0v) is 20.4. The third kappa shape index (κ3) is 3.48. The van der Waals surface area contributed by atoms with Gasteiger partial charge >= 0.3 is 5.63 Å². The molecular formula is C27H21N3O2S2. The fourth-order valence-corrected chi connectivity index (χ4v) is 6.27. The Morgan fingerprint density at radius 3 is 2.41 bits per heavy atom. The van der Waals surface area contributed by atoms with Gasteiger partial charge in [-0.05, 0) is 50.2 Å². The first kappa shape index (κ1) is 21.0. The highest BCUT2D eigenvalue weighted by molar-refractivity contribution is 7.27. The highest BCUT2D eigenvalue weighted by Gasteiger charge is 2.17. The maximum absolute atomic E-state index is 13.1. The number of thiazole rings is 2. The molecular weight excluding hydrogens is 462 g/mol. The van der Waals surface area contributed by atoms with Crippen LogP contribution in [0.25, 0.3) is 52.5 Å². The van der Waals surface area contributed by atoms with Gasteiger partial charge in [-0.25, -0.2) is 14.8 Å². The van der Waals surface area contributed by atoms with Crippen LogP contribution in [0.5, 0.6) is 0 Å². The first-order valence-electron chi connectivity index (χ1n) is 11.2. The Morgan fingerprint density at radius 2 is 1.59 bits per heavy atom. The molecule has 3 aromatic heterocycles. The Kier molecular flexibility index (Phi) is 5.16. The van der Waals surface area contributed by atoms with Crippen molar-refractivity contribution in [1.82, 2.24) is 9.97 Å². The van der Waals surface area contributed by atoms with Gasteiger partial charge in [-0.1, -0.05) is 24.3 Å². The first-order valence-corrected chi connectivity index (χ1v) is 12.9. The number of nitrogens with zero attached hydrogens (tertiary/aromatic N) is 3. The zero-order chi connectivity index (χ0) is 23.2. The molecule has 0 saturated carbocycles. The Labute approximate surface area is 203 Å². The third-order valence-corrected chi connectivity index (χ3v) is 8.23. The van der Waals surface area contributed by atoms with Crippen LogP contribution in [0.4, 0.5) is 5.69 Å². The van der Waals surface area contributed by atoms with Crippen LogP contribution in [0.2, 0.25) is 0 Å². The summed E-state index contributed by atoms with van der Waals surface area (Å²) in [5, 5.41) is 2.64. The van der Waals surface area contributed by atoms with Crippen molar-refractivity contribution in [2.75, 3.05) is 18.0 Å². The summed E-state index contributed by atoms with van der Waals surface area (Å²) in [6.45, 7) is 6.02. The van der Waals surface area contributed by atoms with Gasteiger partial charge in [0.15, 0.2) is 10.0 Å². The molecule has 0 fully saturated rings. The maximum Gasteiger partial charge on any atom is 0.344 e. The highest BCUT2D eigenvalue weighted by Crippen LogP contribution is 2.38. The second-order valence-corrected chi connectivity index (χ2v) is 10.1. The molecule has 6 rings (SSSR count). The SMILES string of the molecule is CCN(CC)c1ccc2cc(-c3cccc4sc(-c5nc6ccccc6s5)nc34)c(=O)oc2c1. The van der Waals surface area contributed by atoms with E-state index in [1.165, 1.54) is 0 Å². The van der Waals surface area contributed by atoms with Gasteiger partial charge in [0.2, 0.25) is 0 Å². The van der Waals surface area contributed by atoms with E-state index in [-0.39, 0.29) is 5.63 Å². The van der Waals surface area contributed by atoms with Gasteiger partial charge in [-0.3, -0.25) is 0 Å². The minimum absolute atomic E-state index is 0.355. The minimum atomic E-state index is -0.355. The van der Waals surface area contributed by atoms with Crippen LogP contribution in [0.3, 0.4) is 0 Å². The molecule has 0 aliphatic heterocycles. The number of rotatable bonds is 5. The average Bonchev–Trinajstić information content (AvgIpc) is 3.48. The summed E-state index contributed by atoms with van der Waals surface area (Å²) in [7, 11) is 0. The van der Waals surface area contributed by atoms with Gasteiger partial charge < -0.3 is 9.32 Å². The normalized spacial score (nSPS) is 11.6. The topological polar surface area (TPSA) is 59.2 Å². The Hall–Kier alpha value is -3.55. The molecule has 7 heteroatoms. The predicted molar refractivity (Wildman–Crippen MR) is 143 cm³/mol. The zero-order valence-electron chi connectivity index (χ0n) is 18.7. The number of para-hydroxylation sites is 2. The summed E-state index contributed by atoms with van der Waals surface area (Å²) in [5.74, 6) is 0. The van der Waals surface area contributed by atoms with E-state index in [1.807, 2.05) is 54.6 Å². The third-order valence-electron chi connectivity index (χ3n) is 6.03. The molecule has 6 aromatic rings. The molecule has 0 radical (unpaired) electrons. The van der Waals surface area contributed by atoms with Gasteiger partial charge in [-0.2, -0.15) is 0 Å². The van der Waals surface area contributed by atoms with Crippen molar-refractivity contribution in [2.24, 2.45) is 0 Å². The first-order chi connectivity index (χ1) is 16.6. The van der Waals surface area contributed by atoms with Gasteiger partial charge in [0, 0.05) is 35.8 Å². The smallest absolute Gasteiger partial charge is 0.344 e. The molecule has 3 aromatic carbocycles. The van der Waals surface area contributed by atoms with Crippen molar-refractivity contribution < 1.29 is 4.42 Å².